The van der Waals surface area contributed by atoms with Crippen LogP contribution in [0.5, 0.6) is 0 Å². The Hall–Kier alpha value is -0.610. The SMILES string of the molecule is CNC1c2ccc(F)c(F)c2CSC1C(C)C. The molecule has 1 aliphatic heterocycles. The zero-order valence-electron chi connectivity index (χ0n) is 10.3. The number of fused-ring (bicyclic) bond motifs is 1. The summed E-state index contributed by atoms with van der Waals surface area (Å²) in [5.74, 6) is -0.377. The minimum absolute atomic E-state index is 0.0962. The fourth-order valence-corrected chi connectivity index (χ4v) is 3.91. The summed E-state index contributed by atoms with van der Waals surface area (Å²) in [6, 6.07) is 3.04. The molecule has 0 bridgehead atoms. The molecule has 4 heteroatoms. The minimum atomic E-state index is -0.748. The third-order valence-electron chi connectivity index (χ3n) is 3.28. The van der Waals surface area contributed by atoms with Crippen molar-refractivity contribution in [2.45, 2.75) is 30.9 Å². The molecule has 1 aliphatic rings. The highest BCUT2D eigenvalue weighted by Gasteiger charge is 2.33. The van der Waals surface area contributed by atoms with Crippen molar-refractivity contribution in [2.24, 2.45) is 5.92 Å². The Labute approximate surface area is 105 Å². The summed E-state index contributed by atoms with van der Waals surface area (Å²) in [5, 5.41) is 3.63. The molecule has 1 aromatic carbocycles. The van der Waals surface area contributed by atoms with Gasteiger partial charge in [0.1, 0.15) is 0 Å². The molecule has 0 aliphatic carbocycles. The Morgan fingerprint density at radius 2 is 2.06 bits per heavy atom. The largest absolute Gasteiger partial charge is 0.312 e. The summed E-state index contributed by atoms with van der Waals surface area (Å²) >= 11 is 1.70. The Bertz CT molecular complexity index is 420. The highest BCUT2D eigenvalue weighted by Crippen LogP contribution is 2.42. The Morgan fingerprint density at radius 1 is 1.35 bits per heavy atom. The van der Waals surface area contributed by atoms with E-state index in [2.05, 4.69) is 19.2 Å². The summed E-state index contributed by atoms with van der Waals surface area (Å²) < 4.78 is 26.9. The summed E-state index contributed by atoms with van der Waals surface area (Å²) in [5.41, 5.74) is 1.43. The van der Waals surface area contributed by atoms with Gasteiger partial charge in [0, 0.05) is 22.6 Å². The smallest absolute Gasteiger partial charge is 0.163 e. The van der Waals surface area contributed by atoms with Crippen LogP contribution in [-0.4, -0.2) is 12.3 Å². The molecule has 1 nitrogen and oxygen atoms in total. The first kappa shape index (κ1) is 12.8. The van der Waals surface area contributed by atoms with Gasteiger partial charge in [-0.15, -0.1) is 0 Å². The third kappa shape index (κ3) is 2.20. The molecule has 1 N–H and O–H groups in total. The van der Waals surface area contributed by atoms with E-state index in [1.165, 1.54) is 6.07 Å². The highest BCUT2D eigenvalue weighted by atomic mass is 32.2. The number of rotatable bonds is 2. The van der Waals surface area contributed by atoms with Crippen LogP contribution in [0.2, 0.25) is 0 Å². The van der Waals surface area contributed by atoms with Gasteiger partial charge >= 0.3 is 0 Å². The molecule has 0 spiro atoms. The van der Waals surface area contributed by atoms with Crippen molar-refractivity contribution in [3.05, 3.63) is 34.9 Å². The van der Waals surface area contributed by atoms with Crippen LogP contribution in [0.15, 0.2) is 12.1 Å². The predicted octanol–water partition coefficient (Wildman–Crippen LogP) is 3.50. The molecule has 2 unspecified atom stereocenters. The molecule has 0 radical (unpaired) electrons. The van der Waals surface area contributed by atoms with Crippen molar-refractivity contribution in [1.82, 2.24) is 5.32 Å². The van der Waals surface area contributed by atoms with Gasteiger partial charge in [0.2, 0.25) is 0 Å². The molecule has 0 saturated heterocycles. The monoisotopic (exact) mass is 257 g/mol. The van der Waals surface area contributed by atoms with E-state index in [0.29, 0.717) is 22.5 Å². The molecule has 2 rings (SSSR count). The quantitative estimate of drug-likeness (QED) is 0.870. The van der Waals surface area contributed by atoms with Gasteiger partial charge in [-0.05, 0) is 24.6 Å². The van der Waals surface area contributed by atoms with E-state index in [9.17, 15) is 8.78 Å². The van der Waals surface area contributed by atoms with Gasteiger partial charge in [-0.3, -0.25) is 0 Å². The number of benzene rings is 1. The molecular weight excluding hydrogens is 240 g/mol. The van der Waals surface area contributed by atoms with Gasteiger partial charge in [0.25, 0.3) is 0 Å². The fraction of sp³-hybridized carbons (Fsp3) is 0.538. The summed E-state index contributed by atoms with van der Waals surface area (Å²) in [4.78, 5) is 0. The number of nitrogens with one attached hydrogen (secondary N) is 1. The summed E-state index contributed by atoms with van der Waals surface area (Å²) in [6.07, 6.45) is 0. The number of thioether (sulfide) groups is 1. The van der Waals surface area contributed by atoms with Crippen LogP contribution in [0.3, 0.4) is 0 Å². The second kappa shape index (κ2) is 4.94. The van der Waals surface area contributed by atoms with E-state index in [1.807, 2.05) is 7.05 Å². The van der Waals surface area contributed by atoms with Gasteiger partial charge in [0.15, 0.2) is 11.6 Å². The van der Waals surface area contributed by atoms with Crippen molar-refractivity contribution in [2.75, 3.05) is 7.05 Å². The lowest BCUT2D eigenvalue weighted by atomic mass is 9.92. The molecular formula is C13H17F2NS. The lowest BCUT2D eigenvalue weighted by Crippen LogP contribution is -2.34. The molecule has 1 heterocycles. The topological polar surface area (TPSA) is 12.0 Å². The van der Waals surface area contributed by atoms with Gasteiger partial charge in [-0.25, -0.2) is 8.78 Å². The maximum Gasteiger partial charge on any atom is 0.163 e. The fourth-order valence-electron chi connectivity index (χ4n) is 2.40. The van der Waals surface area contributed by atoms with E-state index in [4.69, 9.17) is 0 Å². The van der Waals surface area contributed by atoms with Crippen LogP contribution in [-0.2, 0) is 5.75 Å². The van der Waals surface area contributed by atoms with Crippen LogP contribution >= 0.6 is 11.8 Å². The lowest BCUT2D eigenvalue weighted by Gasteiger charge is -2.35. The van der Waals surface area contributed by atoms with E-state index >= 15 is 0 Å². The number of hydrogen-bond donors (Lipinski definition) is 1. The first-order valence-electron chi connectivity index (χ1n) is 5.82. The lowest BCUT2D eigenvalue weighted by molar-refractivity contribution is 0.451. The van der Waals surface area contributed by atoms with Crippen molar-refractivity contribution in [3.63, 3.8) is 0 Å². The normalized spacial score (nSPS) is 23.9. The van der Waals surface area contributed by atoms with E-state index in [0.717, 1.165) is 5.56 Å². The average molecular weight is 257 g/mol. The molecule has 2 atom stereocenters. The van der Waals surface area contributed by atoms with Crippen LogP contribution in [0, 0.1) is 17.6 Å². The molecule has 0 amide bonds. The van der Waals surface area contributed by atoms with E-state index in [-0.39, 0.29) is 6.04 Å². The second-order valence-corrected chi connectivity index (χ2v) is 5.88. The number of halogens is 2. The van der Waals surface area contributed by atoms with Crippen LogP contribution in [0.1, 0.15) is 31.0 Å². The molecule has 1 aromatic rings. The summed E-state index contributed by atoms with van der Waals surface area (Å²) in [7, 11) is 1.87. The van der Waals surface area contributed by atoms with Crippen molar-refractivity contribution < 1.29 is 8.78 Å². The van der Waals surface area contributed by atoms with Crippen LogP contribution in [0.25, 0.3) is 0 Å². The van der Waals surface area contributed by atoms with Crippen molar-refractivity contribution in [1.29, 1.82) is 0 Å². The molecule has 0 saturated carbocycles. The molecule has 0 fully saturated rings. The van der Waals surface area contributed by atoms with Crippen molar-refractivity contribution in [3.8, 4) is 0 Å². The molecule has 94 valence electrons. The first-order valence-corrected chi connectivity index (χ1v) is 6.86. The van der Waals surface area contributed by atoms with Gasteiger partial charge in [-0.2, -0.15) is 11.8 Å². The number of hydrogen-bond acceptors (Lipinski definition) is 2. The Morgan fingerprint density at radius 3 is 2.65 bits per heavy atom. The highest BCUT2D eigenvalue weighted by molar-refractivity contribution is 7.99. The maximum atomic E-state index is 13.7. The molecule has 0 aromatic heterocycles. The minimum Gasteiger partial charge on any atom is -0.312 e. The van der Waals surface area contributed by atoms with Crippen LogP contribution in [0.4, 0.5) is 8.78 Å². The van der Waals surface area contributed by atoms with Crippen molar-refractivity contribution >= 4 is 11.8 Å². The van der Waals surface area contributed by atoms with Gasteiger partial charge in [-0.1, -0.05) is 19.9 Å². The zero-order valence-corrected chi connectivity index (χ0v) is 11.1. The van der Waals surface area contributed by atoms with E-state index in [1.54, 1.807) is 17.8 Å². The standard InChI is InChI=1S/C13H17F2NS/c1-7(2)13-12(16-3)8-4-5-10(14)11(15)9(8)6-17-13/h4-5,7,12-13,16H,6H2,1-3H3. The predicted molar refractivity (Wildman–Crippen MR) is 68.1 cm³/mol. The molecule has 17 heavy (non-hydrogen) atoms. The van der Waals surface area contributed by atoms with Gasteiger partial charge in [0.05, 0.1) is 0 Å². The second-order valence-electron chi connectivity index (χ2n) is 4.72. The van der Waals surface area contributed by atoms with Gasteiger partial charge < -0.3 is 5.32 Å². The summed E-state index contributed by atoms with van der Waals surface area (Å²) in [6.45, 7) is 4.32. The Balaban J connectivity index is 2.46. The third-order valence-corrected chi connectivity index (χ3v) is 4.94. The maximum absolute atomic E-state index is 13.7. The Kier molecular flexibility index (Phi) is 3.73. The van der Waals surface area contributed by atoms with Crippen LogP contribution < -0.4 is 5.32 Å². The zero-order chi connectivity index (χ0) is 12.6. The first-order chi connectivity index (χ1) is 8.06. The average Bonchev–Trinajstić information content (AvgIpc) is 2.32. The van der Waals surface area contributed by atoms with E-state index < -0.39 is 11.6 Å².